The van der Waals surface area contributed by atoms with Gasteiger partial charge in [-0.25, -0.2) is 0 Å². The molecule has 22 heavy (non-hydrogen) atoms. The molecule has 0 bridgehead atoms. The van der Waals surface area contributed by atoms with Crippen LogP contribution >= 0.6 is 11.3 Å². The van der Waals surface area contributed by atoms with E-state index in [4.69, 9.17) is 4.74 Å². The topological polar surface area (TPSA) is 38.3 Å². The highest BCUT2D eigenvalue weighted by molar-refractivity contribution is 7.07. The summed E-state index contributed by atoms with van der Waals surface area (Å²) in [6.07, 6.45) is 8.46. The van der Waals surface area contributed by atoms with Crippen molar-refractivity contribution < 1.29 is 9.53 Å². The fraction of sp³-hybridized carbons (Fsp3) is 0.722. The first-order chi connectivity index (χ1) is 10.7. The van der Waals surface area contributed by atoms with E-state index in [2.05, 4.69) is 23.7 Å². The molecule has 1 unspecified atom stereocenters. The zero-order valence-corrected chi connectivity index (χ0v) is 14.7. The van der Waals surface area contributed by atoms with E-state index >= 15 is 0 Å². The Bertz CT molecular complexity index is 424. The lowest BCUT2D eigenvalue weighted by Crippen LogP contribution is -2.36. The van der Waals surface area contributed by atoms with E-state index in [1.54, 1.807) is 18.4 Å². The standard InChI is InChI=1S/C18H29NO2S/c1-3-4-5-14-6-8-15(9-7-14)18(20)19-12-17(21-2)16-10-11-22-13-16/h10-11,13-15,17H,3-9,12H2,1-2H3,(H,19,20). The fourth-order valence-corrected chi connectivity index (χ4v) is 4.04. The van der Waals surface area contributed by atoms with Gasteiger partial charge >= 0.3 is 0 Å². The number of methoxy groups -OCH3 is 1. The van der Waals surface area contributed by atoms with Crippen LogP contribution in [0.2, 0.25) is 0 Å². The van der Waals surface area contributed by atoms with E-state index < -0.39 is 0 Å². The van der Waals surface area contributed by atoms with Gasteiger partial charge in [0.05, 0.1) is 0 Å². The monoisotopic (exact) mass is 323 g/mol. The molecule has 0 aliphatic heterocycles. The van der Waals surface area contributed by atoms with Crippen molar-refractivity contribution in [3.8, 4) is 0 Å². The van der Waals surface area contributed by atoms with Gasteiger partial charge in [-0.15, -0.1) is 0 Å². The summed E-state index contributed by atoms with van der Waals surface area (Å²) in [4.78, 5) is 12.3. The van der Waals surface area contributed by atoms with E-state index in [-0.39, 0.29) is 17.9 Å². The Labute approximate surface area is 138 Å². The number of thiophene rings is 1. The molecule has 1 aliphatic carbocycles. The summed E-state index contributed by atoms with van der Waals surface area (Å²) in [7, 11) is 1.70. The Balaban J connectivity index is 1.71. The van der Waals surface area contributed by atoms with Gasteiger partial charge in [0.15, 0.2) is 0 Å². The molecule has 1 fully saturated rings. The third-order valence-electron chi connectivity index (χ3n) is 4.84. The molecule has 1 aromatic rings. The molecule has 1 saturated carbocycles. The highest BCUT2D eigenvalue weighted by atomic mass is 32.1. The quantitative estimate of drug-likeness (QED) is 0.762. The minimum absolute atomic E-state index is 0.0314. The van der Waals surface area contributed by atoms with E-state index in [1.165, 1.54) is 32.1 Å². The fourth-order valence-electron chi connectivity index (χ4n) is 3.34. The van der Waals surface area contributed by atoms with Crippen LogP contribution in [-0.2, 0) is 9.53 Å². The molecule has 124 valence electrons. The molecular formula is C18H29NO2S. The Morgan fingerprint density at radius 1 is 1.41 bits per heavy atom. The summed E-state index contributed by atoms with van der Waals surface area (Å²) in [6, 6.07) is 2.06. The molecule has 1 aliphatic rings. The van der Waals surface area contributed by atoms with Gasteiger partial charge in [-0.3, -0.25) is 4.79 Å². The molecule has 1 atom stereocenters. The first-order valence-corrected chi connectivity index (χ1v) is 9.51. The van der Waals surface area contributed by atoms with Crippen LogP contribution < -0.4 is 5.32 Å². The maximum absolute atomic E-state index is 12.3. The van der Waals surface area contributed by atoms with E-state index in [0.29, 0.717) is 6.54 Å². The highest BCUT2D eigenvalue weighted by Crippen LogP contribution is 2.32. The van der Waals surface area contributed by atoms with E-state index in [1.807, 2.05) is 5.38 Å². The van der Waals surface area contributed by atoms with Crippen molar-refractivity contribution in [1.29, 1.82) is 0 Å². The number of hydrogen-bond acceptors (Lipinski definition) is 3. The number of carbonyl (C=O) groups is 1. The second-order valence-corrected chi connectivity index (χ2v) is 7.17. The maximum atomic E-state index is 12.3. The molecule has 1 amide bonds. The van der Waals surface area contributed by atoms with Gasteiger partial charge < -0.3 is 10.1 Å². The summed E-state index contributed by atoms with van der Waals surface area (Å²) >= 11 is 1.66. The molecule has 2 rings (SSSR count). The summed E-state index contributed by atoms with van der Waals surface area (Å²) < 4.78 is 5.49. The molecular weight excluding hydrogens is 294 g/mol. The van der Waals surface area contributed by atoms with Crippen LogP contribution in [0.15, 0.2) is 16.8 Å². The van der Waals surface area contributed by atoms with Gasteiger partial charge in [-0.05, 0) is 54.0 Å². The second kappa shape index (κ2) is 9.31. The average molecular weight is 324 g/mol. The normalized spacial score (nSPS) is 23.2. The minimum Gasteiger partial charge on any atom is -0.375 e. The number of ether oxygens (including phenoxy) is 1. The van der Waals surface area contributed by atoms with Crippen molar-refractivity contribution >= 4 is 17.2 Å². The van der Waals surface area contributed by atoms with E-state index in [0.717, 1.165) is 24.3 Å². The molecule has 1 heterocycles. The smallest absolute Gasteiger partial charge is 0.223 e. The lowest BCUT2D eigenvalue weighted by molar-refractivity contribution is -0.126. The zero-order valence-electron chi connectivity index (χ0n) is 13.8. The first-order valence-electron chi connectivity index (χ1n) is 8.57. The third-order valence-corrected chi connectivity index (χ3v) is 5.55. The summed E-state index contributed by atoms with van der Waals surface area (Å²) in [5.74, 6) is 1.27. The van der Waals surface area contributed by atoms with Crippen LogP contribution in [0.4, 0.5) is 0 Å². The van der Waals surface area contributed by atoms with Crippen LogP contribution in [0.3, 0.4) is 0 Å². The van der Waals surface area contributed by atoms with Crippen molar-refractivity contribution in [3.05, 3.63) is 22.4 Å². The molecule has 4 heteroatoms. The number of amides is 1. The molecule has 1 aromatic heterocycles. The first kappa shape index (κ1) is 17.5. The summed E-state index contributed by atoms with van der Waals surface area (Å²) in [6.45, 7) is 2.82. The largest absolute Gasteiger partial charge is 0.375 e. The summed E-state index contributed by atoms with van der Waals surface area (Å²) in [5.41, 5.74) is 1.15. The Morgan fingerprint density at radius 3 is 2.77 bits per heavy atom. The van der Waals surface area contributed by atoms with Crippen LogP contribution in [0.5, 0.6) is 0 Å². The van der Waals surface area contributed by atoms with Crippen molar-refractivity contribution in [1.82, 2.24) is 5.32 Å². The van der Waals surface area contributed by atoms with Gasteiger partial charge in [0, 0.05) is 19.6 Å². The van der Waals surface area contributed by atoms with E-state index in [9.17, 15) is 4.79 Å². The lowest BCUT2D eigenvalue weighted by atomic mass is 9.79. The second-order valence-electron chi connectivity index (χ2n) is 6.39. The molecule has 0 aromatic carbocycles. The minimum atomic E-state index is -0.0314. The molecule has 0 radical (unpaired) electrons. The Kier molecular flexibility index (Phi) is 7.40. The maximum Gasteiger partial charge on any atom is 0.223 e. The lowest BCUT2D eigenvalue weighted by Gasteiger charge is -2.28. The predicted octanol–water partition coefficient (Wildman–Crippen LogP) is 4.55. The van der Waals surface area contributed by atoms with Crippen LogP contribution in [0.1, 0.15) is 63.5 Å². The Morgan fingerprint density at radius 2 is 2.18 bits per heavy atom. The van der Waals surface area contributed by atoms with Crippen LogP contribution in [0, 0.1) is 11.8 Å². The number of nitrogens with one attached hydrogen (secondary N) is 1. The number of carbonyl (C=O) groups excluding carboxylic acids is 1. The highest BCUT2D eigenvalue weighted by Gasteiger charge is 2.26. The SMILES string of the molecule is CCCCC1CCC(C(=O)NCC(OC)c2ccsc2)CC1. The van der Waals surface area contributed by atoms with Crippen molar-refractivity contribution in [2.45, 2.75) is 58.0 Å². The van der Waals surface area contributed by atoms with Gasteiger partial charge in [0.1, 0.15) is 6.10 Å². The van der Waals surface area contributed by atoms with Gasteiger partial charge in [-0.2, -0.15) is 11.3 Å². The number of rotatable bonds is 8. The Hall–Kier alpha value is -0.870. The number of hydrogen-bond donors (Lipinski definition) is 1. The molecule has 3 nitrogen and oxygen atoms in total. The predicted molar refractivity (Wildman–Crippen MR) is 92.1 cm³/mol. The molecule has 1 N–H and O–H groups in total. The molecule has 0 saturated heterocycles. The average Bonchev–Trinajstić information content (AvgIpc) is 3.08. The third kappa shape index (κ3) is 5.10. The van der Waals surface area contributed by atoms with Crippen molar-refractivity contribution in [3.63, 3.8) is 0 Å². The number of unbranched alkanes of at least 4 members (excludes halogenated alkanes) is 1. The van der Waals surface area contributed by atoms with Gasteiger partial charge in [-0.1, -0.05) is 26.2 Å². The zero-order chi connectivity index (χ0) is 15.8. The van der Waals surface area contributed by atoms with Gasteiger partial charge in [0.2, 0.25) is 5.91 Å². The van der Waals surface area contributed by atoms with Crippen molar-refractivity contribution in [2.75, 3.05) is 13.7 Å². The van der Waals surface area contributed by atoms with Crippen LogP contribution in [0.25, 0.3) is 0 Å². The summed E-state index contributed by atoms with van der Waals surface area (Å²) in [5, 5.41) is 7.22. The van der Waals surface area contributed by atoms with Crippen LogP contribution in [-0.4, -0.2) is 19.6 Å². The van der Waals surface area contributed by atoms with Crippen molar-refractivity contribution in [2.24, 2.45) is 11.8 Å². The molecule has 0 spiro atoms. The van der Waals surface area contributed by atoms with Gasteiger partial charge in [0.25, 0.3) is 0 Å².